The summed E-state index contributed by atoms with van der Waals surface area (Å²) in [7, 11) is 0. The molecule has 0 aliphatic carbocycles. The number of carbonyl (C=O) groups is 2. The average Bonchev–Trinajstić information content (AvgIpc) is 3.11. The maximum absolute atomic E-state index is 13.0. The molecule has 0 aliphatic heterocycles. The van der Waals surface area contributed by atoms with Crippen molar-refractivity contribution in [1.82, 2.24) is 10.2 Å². The molecule has 0 atom stereocenters. The lowest BCUT2D eigenvalue weighted by atomic mass is 9.99. The van der Waals surface area contributed by atoms with Crippen LogP contribution in [0.15, 0.2) is 54.7 Å². The van der Waals surface area contributed by atoms with Crippen molar-refractivity contribution in [2.75, 3.05) is 0 Å². The number of aromatic amines is 1. The van der Waals surface area contributed by atoms with Crippen molar-refractivity contribution in [2.24, 2.45) is 0 Å². The summed E-state index contributed by atoms with van der Waals surface area (Å²) in [5.41, 5.74) is 0.814. The molecular weight excluding hydrogens is 353 g/mol. The fourth-order valence-electron chi connectivity index (χ4n) is 2.70. The Morgan fingerprint density at radius 3 is 2.44 bits per heavy atom. The quantitative estimate of drug-likeness (QED) is 0.392. The highest BCUT2D eigenvalue weighted by Gasteiger charge is 2.22. The lowest BCUT2D eigenvalue weighted by Gasteiger charge is -2.04. The van der Waals surface area contributed by atoms with Crippen LogP contribution < -0.4 is 0 Å². The molecular formula is C19H14FN3O4. The zero-order valence-electron chi connectivity index (χ0n) is 14.0. The van der Waals surface area contributed by atoms with E-state index in [1.54, 1.807) is 0 Å². The summed E-state index contributed by atoms with van der Waals surface area (Å²) in [6.07, 6.45) is 1.16. The number of nitro benzene ring substituents is 1. The molecule has 0 spiro atoms. The van der Waals surface area contributed by atoms with Gasteiger partial charge in [0.2, 0.25) is 0 Å². The van der Waals surface area contributed by atoms with Crippen LogP contribution in [0.3, 0.4) is 0 Å². The molecule has 0 saturated carbocycles. The molecule has 2 aromatic carbocycles. The van der Waals surface area contributed by atoms with E-state index in [9.17, 15) is 24.1 Å². The van der Waals surface area contributed by atoms with Crippen LogP contribution in [0.5, 0.6) is 0 Å². The van der Waals surface area contributed by atoms with Crippen LogP contribution in [0, 0.1) is 15.9 Å². The standard InChI is InChI=1S/C19H14FN3O4/c20-14-7-5-12(6-8-14)9-18(25)19-13(11-21-22-19)10-17(24)15-3-1-2-4-16(15)23(26)27/h1-8,11H,9-10H2,(H,21,22). The van der Waals surface area contributed by atoms with Crippen molar-refractivity contribution in [2.45, 2.75) is 12.8 Å². The Morgan fingerprint density at radius 1 is 1.04 bits per heavy atom. The molecule has 3 rings (SSSR count). The van der Waals surface area contributed by atoms with E-state index in [0.717, 1.165) is 0 Å². The summed E-state index contributed by atoms with van der Waals surface area (Å²) < 4.78 is 13.0. The minimum Gasteiger partial charge on any atom is -0.294 e. The van der Waals surface area contributed by atoms with Crippen molar-refractivity contribution in [1.29, 1.82) is 0 Å². The normalized spacial score (nSPS) is 10.6. The predicted octanol–water partition coefficient (Wildman–Crippen LogP) is 3.31. The van der Waals surface area contributed by atoms with Crippen LogP contribution in [0.4, 0.5) is 10.1 Å². The predicted molar refractivity (Wildman–Crippen MR) is 94.2 cm³/mol. The molecule has 27 heavy (non-hydrogen) atoms. The fourth-order valence-corrected chi connectivity index (χ4v) is 2.70. The third-order valence-electron chi connectivity index (χ3n) is 4.03. The molecule has 136 valence electrons. The van der Waals surface area contributed by atoms with E-state index in [4.69, 9.17) is 0 Å². The first-order valence-electron chi connectivity index (χ1n) is 8.02. The maximum atomic E-state index is 13.0. The smallest absolute Gasteiger partial charge is 0.280 e. The van der Waals surface area contributed by atoms with Crippen LogP contribution in [0.1, 0.15) is 32.0 Å². The Bertz CT molecular complexity index is 1010. The van der Waals surface area contributed by atoms with Gasteiger partial charge < -0.3 is 0 Å². The summed E-state index contributed by atoms with van der Waals surface area (Å²) in [5.74, 6) is -1.20. The van der Waals surface area contributed by atoms with Crippen LogP contribution in [0.2, 0.25) is 0 Å². The molecule has 1 N–H and O–H groups in total. The molecule has 1 heterocycles. The van der Waals surface area contributed by atoms with Crippen LogP contribution >= 0.6 is 0 Å². The van der Waals surface area contributed by atoms with Crippen LogP contribution in [0.25, 0.3) is 0 Å². The summed E-state index contributed by atoms with van der Waals surface area (Å²) in [6.45, 7) is 0. The van der Waals surface area contributed by atoms with Gasteiger partial charge >= 0.3 is 0 Å². The molecule has 0 fully saturated rings. The van der Waals surface area contributed by atoms with Crippen LogP contribution in [-0.2, 0) is 12.8 Å². The van der Waals surface area contributed by atoms with Gasteiger partial charge in [0.1, 0.15) is 11.5 Å². The van der Waals surface area contributed by atoms with E-state index in [1.807, 2.05) is 0 Å². The largest absolute Gasteiger partial charge is 0.294 e. The summed E-state index contributed by atoms with van der Waals surface area (Å²) in [6, 6.07) is 11.2. The van der Waals surface area contributed by atoms with Crippen molar-refractivity contribution >= 4 is 17.3 Å². The number of para-hydroxylation sites is 1. The van der Waals surface area contributed by atoms with E-state index >= 15 is 0 Å². The van der Waals surface area contributed by atoms with Gasteiger partial charge in [-0.3, -0.25) is 24.8 Å². The highest BCUT2D eigenvalue weighted by atomic mass is 19.1. The van der Waals surface area contributed by atoms with Gasteiger partial charge in [0.25, 0.3) is 5.69 Å². The zero-order valence-corrected chi connectivity index (χ0v) is 14.0. The molecule has 0 unspecified atom stereocenters. The summed E-state index contributed by atoms with van der Waals surface area (Å²) >= 11 is 0. The van der Waals surface area contributed by atoms with Crippen LogP contribution in [-0.4, -0.2) is 26.7 Å². The molecule has 3 aromatic rings. The van der Waals surface area contributed by atoms with E-state index in [-0.39, 0.29) is 35.6 Å². The highest BCUT2D eigenvalue weighted by molar-refractivity contribution is 6.03. The first kappa shape index (κ1) is 18.1. The van der Waals surface area contributed by atoms with Crippen molar-refractivity contribution in [3.05, 3.63) is 93.0 Å². The van der Waals surface area contributed by atoms with Gasteiger partial charge in [-0.05, 0) is 23.8 Å². The van der Waals surface area contributed by atoms with Gasteiger partial charge in [-0.2, -0.15) is 5.10 Å². The monoisotopic (exact) mass is 367 g/mol. The number of benzene rings is 2. The molecule has 0 saturated heterocycles. The Hall–Kier alpha value is -3.68. The number of Topliss-reactive ketones (excluding diaryl/α,β-unsaturated/α-hetero) is 2. The minimum absolute atomic E-state index is 0.00908. The van der Waals surface area contributed by atoms with Crippen molar-refractivity contribution in [3.8, 4) is 0 Å². The average molecular weight is 367 g/mol. The van der Waals surface area contributed by atoms with Gasteiger partial charge in [0.05, 0.1) is 16.7 Å². The minimum atomic E-state index is -0.622. The number of hydrogen-bond donors (Lipinski definition) is 1. The maximum Gasteiger partial charge on any atom is 0.280 e. The Kier molecular flexibility index (Phi) is 5.16. The first-order chi connectivity index (χ1) is 13.0. The van der Waals surface area contributed by atoms with Gasteiger partial charge in [0, 0.05) is 24.5 Å². The zero-order chi connectivity index (χ0) is 19.4. The van der Waals surface area contributed by atoms with Gasteiger partial charge in [0.15, 0.2) is 11.6 Å². The van der Waals surface area contributed by atoms with E-state index in [2.05, 4.69) is 10.2 Å². The second kappa shape index (κ2) is 7.69. The molecule has 0 bridgehead atoms. The van der Waals surface area contributed by atoms with Gasteiger partial charge in [-0.15, -0.1) is 0 Å². The van der Waals surface area contributed by atoms with Crippen molar-refractivity contribution in [3.63, 3.8) is 0 Å². The topological polar surface area (TPSA) is 106 Å². The molecule has 0 amide bonds. The Labute approximate surface area is 153 Å². The third-order valence-corrected chi connectivity index (χ3v) is 4.03. The van der Waals surface area contributed by atoms with Gasteiger partial charge in [-0.1, -0.05) is 24.3 Å². The number of nitro groups is 1. The third kappa shape index (κ3) is 4.12. The Morgan fingerprint density at radius 2 is 1.74 bits per heavy atom. The number of carbonyl (C=O) groups excluding carboxylic acids is 2. The number of ketones is 2. The number of hydrogen-bond acceptors (Lipinski definition) is 5. The first-order valence-corrected chi connectivity index (χ1v) is 8.02. The number of rotatable bonds is 7. The number of H-pyrrole nitrogens is 1. The number of nitrogens with zero attached hydrogens (tertiary/aromatic N) is 2. The van der Waals surface area contributed by atoms with E-state index < -0.39 is 16.5 Å². The molecule has 7 nitrogen and oxygen atoms in total. The molecule has 8 heteroatoms. The number of nitrogens with one attached hydrogen (secondary N) is 1. The van der Waals surface area contributed by atoms with E-state index in [0.29, 0.717) is 11.1 Å². The van der Waals surface area contributed by atoms with Gasteiger partial charge in [-0.25, -0.2) is 4.39 Å². The SMILES string of the molecule is O=C(Cc1cn[nH]c1C(=O)Cc1ccc(F)cc1)c1ccccc1[N+](=O)[O-]. The number of halogens is 1. The summed E-state index contributed by atoms with van der Waals surface area (Å²) in [4.78, 5) is 35.5. The summed E-state index contributed by atoms with van der Waals surface area (Å²) in [5, 5.41) is 17.5. The second-order valence-electron chi connectivity index (χ2n) is 5.87. The molecule has 1 aromatic heterocycles. The van der Waals surface area contributed by atoms with E-state index in [1.165, 1.54) is 54.7 Å². The number of aromatic nitrogens is 2. The highest BCUT2D eigenvalue weighted by Crippen LogP contribution is 2.21. The fraction of sp³-hybridized carbons (Fsp3) is 0.105. The lowest BCUT2D eigenvalue weighted by molar-refractivity contribution is -0.385. The molecule has 0 radical (unpaired) electrons. The molecule has 0 aliphatic rings. The Balaban J connectivity index is 1.79. The van der Waals surface area contributed by atoms with Crippen molar-refractivity contribution < 1.29 is 18.9 Å². The second-order valence-corrected chi connectivity index (χ2v) is 5.87. The lowest BCUT2D eigenvalue weighted by Crippen LogP contribution is -2.11.